The van der Waals surface area contributed by atoms with Crippen molar-refractivity contribution >= 4 is 28.8 Å². The molecular weight excluding hydrogens is 404 g/mol. The summed E-state index contributed by atoms with van der Waals surface area (Å²) in [5.41, 5.74) is 5.00. The highest BCUT2D eigenvalue weighted by molar-refractivity contribution is 7.16. The first kappa shape index (κ1) is 20.1. The number of rotatable bonds is 4. The largest absolute Gasteiger partial charge is 0.338 e. The number of nitrogens with zero attached hydrogens (tertiary/aromatic N) is 4. The molecule has 1 aromatic carbocycles. The molecule has 0 unspecified atom stereocenters. The first-order valence-electron chi connectivity index (χ1n) is 10.0. The van der Waals surface area contributed by atoms with Crippen molar-refractivity contribution in [1.82, 2.24) is 19.7 Å². The summed E-state index contributed by atoms with van der Waals surface area (Å²) in [6.07, 6.45) is 4.09. The molecule has 4 rings (SSSR count). The van der Waals surface area contributed by atoms with Crippen LogP contribution in [0.3, 0.4) is 0 Å². The van der Waals surface area contributed by atoms with Gasteiger partial charge in [-0.25, -0.2) is 9.67 Å². The van der Waals surface area contributed by atoms with Gasteiger partial charge in [-0.1, -0.05) is 41.1 Å². The van der Waals surface area contributed by atoms with Gasteiger partial charge in [-0.05, 0) is 51.7 Å². The van der Waals surface area contributed by atoms with Gasteiger partial charge in [0.05, 0.1) is 11.4 Å². The molecular formula is C22H25ClN4OS. The van der Waals surface area contributed by atoms with Crippen molar-refractivity contribution in [2.24, 2.45) is 0 Å². The second kappa shape index (κ2) is 8.28. The Bertz CT molecular complexity index is 1050. The monoisotopic (exact) mass is 428 g/mol. The summed E-state index contributed by atoms with van der Waals surface area (Å²) in [6, 6.07) is 7.89. The Labute approximate surface area is 180 Å². The lowest BCUT2D eigenvalue weighted by molar-refractivity contribution is 0.0728. The van der Waals surface area contributed by atoms with E-state index in [4.69, 9.17) is 16.7 Å². The third-order valence-corrected chi connectivity index (χ3v) is 7.06. The maximum Gasteiger partial charge on any atom is 0.265 e. The quantitative estimate of drug-likeness (QED) is 0.579. The molecule has 1 fully saturated rings. The number of benzene rings is 1. The lowest BCUT2D eigenvalue weighted by atomic mass is 10.0. The minimum atomic E-state index is 0.101. The van der Waals surface area contributed by atoms with Gasteiger partial charge in [0.2, 0.25) is 5.13 Å². The van der Waals surface area contributed by atoms with Crippen molar-refractivity contribution < 1.29 is 4.79 Å². The van der Waals surface area contributed by atoms with Crippen LogP contribution in [0.5, 0.6) is 0 Å². The van der Waals surface area contributed by atoms with Gasteiger partial charge in [0.25, 0.3) is 5.91 Å². The van der Waals surface area contributed by atoms with Crippen LogP contribution >= 0.6 is 22.9 Å². The van der Waals surface area contributed by atoms with E-state index in [9.17, 15) is 4.79 Å². The molecule has 29 heavy (non-hydrogen) atoms. The Balaban J connectivity index is 1.64. The fourth-order valence-electron chi connectivity index (χ4n) is 3.86. The van der Waals surface area contributed by atoms with Gasteiger partial charge in [-0.15, -0.1) is 0 Å². The molecule has 152 valence electrons. The van der Waals surface area contributed by atoms with Crippen molar-refractivity contribution in [3.63, 3.8) is 0 Å². The molecule has 1 aliphatic heterocycles. The lowest BCUT2D eigenvalue weighted by Crippen LogP contribution is -2.35. The number of halogens is 1. The number of aryl methyl sites for hydroxylation is 2. The molecule has 3 aromatic rings. The molecule has 0 spiro atoms. The maximum atomic E-state index is 13.0. The van der Waals surface area contributed by atoms with Crippen molar-refractivity contribution in [1.29, 1.82) is 0 Å². The number of amides is 1. The zero-order valence-corrected chi connectivity index (χ0v) is 18.6. The minimum absolute atomic E-state index is 0.101. The summed E-state index contributed by atoms with van der Waals surface area (Å²) < 4.78 is 1.87. The van der Waals surface area contributed by atoms with E-state index in [1.54, 1.807) is 0 Å². The van der Waals surface area contributed by atoms with E-state index in [2.05, 4.69) is 11.9 Å². The van der Waals surface area contributed by atoms with E-state index in [-0.39, 0.29) is 5.91 Å². The highest BCUT2D eigenvalue weighted by Crippen LogP contribution is 2.28. The first-order chi connectivity index (χ1) is 14.0. The van der Waals surface area contributed by atoms with Crippen molar-refractivity contribution in [3.8, 4) is 5.13 Å². The third-order valence-electron chi connectivity index (χ3n) is 5.57. The predicted octanol–water partition coefficient (Wildman–Crippen LogP) is 5.12. The molecule has 7 heteroatoms. The molecule has 0 bridgehead atoms. The highest BCUT2D eigenvalue weighted by atomic mass is 35.5. The Morgan fingerprint density at radius 3 is 2.55 bits per heavy atom. The summed E-state index contributed by atoms with van der Waals surface area (Å²) in [4.78, 5) is 20.3. The van der Waals surface area contributed by atoms with Crippen LogP contribution in [0.1, 0.15) is 57.1 Å². The predicted molar refractivity (Wildman–Crippen MR) is 117 cm³/mol. The topological polar surface area (TPSA) is 51.0 Å². The Morgan fingerprint density at radius 2 is 1.83 bits per heavy atom. The average molecular weight is 429 g/mol. The fourth-order valence-corrected chi connectivity index (χ4v) is 5.10. The van der Waals surface area contributed by atoms with Crippen LogP contribution in [0.25, 0.3) is 5.13 Å². The van der Waals surface area contributed by atoms with E-state index < -0.39 is 0 Å². The molecule has 0 radical (unpaired) electrons. The van der Waals surface area contributed by atoms with Crippen LogP contribution in [0.2, 0.25) is 5.02 Å². The number of carbonyl (C=O) groups is 1. The van der Waals surface area contributed by atoms with E-state index in [1.807, 2.05) is 47.7 Å². The minimum Gasteiger partial charge on any atom is -0.338 e. The number of likely N-dealkylation sites (tertiary alicyclic amines) is 1. The first-order valence-corrected chi connectivity index (χ1v) is 11.2. The molecule has 3 heterocycles. The van der Waals surface area contributed by atoms with Crippen molar-refractivity contribution in [2.75, 3.05) is 13.1 Å². The summed E-state index contributed by atoms with van der Waals surface area (Å²) in [6.45, 7) is 7.65. The van der Waals surface area contributed by atoms with Gasteiger partial charge in [0, 0.05) is 35.8 Å². The zero-order chi connectivity index (χ0) is 20.5. The number of carbonyl (C=O) groups excluding carboxylic acids is 1. The van der Waals surface area contributed by atoms with Crippen LogP contribution in [-0.2, 0) is 6.42 Å². The Kier molecular flexibility index (Phi) is 5.74. The van der Waals surface area contributed by atoms with Crippen LogP contribution < -0.4 is 0 Å². The molecule has 2 aromatic heterocycles. The normalized spacial score (nSPS) is 14.4. The standard InChI is InChI=1S/C22H25ClN4OS/c1-14-18(13-17-9-5-6-10-19(17)23)16(3)27(25-14)22-24-15(2)20(29-22)21(28)26-11-7-4-8-12-26/h5-6,9-10H,4,7-8,11-13H2,1-3H3. The number of hydrogen-bond acceptors (Lipinski definition) is 4. The molecule has 0 atom stereocenters. The van der Waals surface area contributed by atoms with Gasteiger partial charge in [0.1, 0.15) is 4.88 Å². The SMILES string of the molecule is Cc1nc(-n2nc(C)c(Cc3ccccc3Cl)c2C)sc1C(=O)N1CCCCC1. The second-order valence-corrected chi connectivity index (χ2v) is 8.98. The van der Waals surface area contributed by atoms with E-state index in [1.165, 1.54) is 17.8 Å². The van der Waals surface area contributed by atoms with Gasteiger partial charge < -0.3 is 4.90 Å². The van der Waals surface area contributed by atoms with Gasteiger partial charge in [-0.3, -0.25) is 4.79 Å². The maximum absolute atomic E-state index is 13.0. The fraction of sp³-hybridized carbons (Fsp3) is 0.409. The van der Waals surface area contributed by atoms with Crippen molar-refractivity contribution in [3.05, 3.63) is 62.4 Å². The third kappa shape index (κ3) is 3.96. The number of piperidine rings is 1. The van der Waals surface area contributed by atoms with Gasteiger partial charge >= 0.3 is 0 Å². The summed E-state index contributed by atoms with van der Waals surface area (Å²) in [5, 5.41) is 6.24. The lowest BCUT2D eigenvalue weighted by Gasteiger charge is -2.26. The smallest absolute Gasteiger partial charge is 0.265 e. The highest BCUT2D eigenvalue weighted by Gasteiger charge is 2.24. The Morgan fingerprint density at radius 1 is 1.10 bits per heavy atom. The molecule has 0 aliphatic carbocycles. The molecule has 0 N–H and O–H groups in total. The number of hydrogen-bond donors (Lipinski definition) is 0. The van der Waals surface area contributed by atoms with E-state index in [0.717, 1.165) is 75.6 Å². The number of aromatic nitrogens is 3. The average Bonchev–Trinajstić information content (AvgIpc) is 3.24. The summed E-state index contributed by atoms with van der Waals surface area (Å²) in [5.74, 6) is 0.101. The second-order valence-electron chi connectivity index (χ2n) is 7.59. The van der Waals surface area contributed by atoms with Crippen LogP contribution in [0.4, 0.5) is 0 Å². The molecule has 0 saturated carbocycles. The van der Waals surface area contributed by atoms with E-state index >= 15 is 0 Å². The van der Waals surface area contributed by atoms with Crippen LogP contribution in [0.15, 0.2) is 24.3 Å². The van der Waals surface area contributed by atoms with Gasteiger partial charge in [-0.2, -0.15) is 5.10 Å². The van der Waals surface area contributed by atoms with Crippen LogP contribution in [0, 0.1) is 20.8 Å². The summed E-state index contributed by atoms with van der Waals surface area (Å²) in [7, 11) is 0. The van der Waals surface area contributed by atoms with E-state index in [0.29, 0.717) is 0 Å². The molecule has 1 saturated heterocycles. The Hall–Kier alpha value is -2.18. The van der Waals surface area contributed by atoms with Gasteiger partial charge in [0.15, 0.2) is 0 Å². The van der Waals surface area contributed by atoms with Crippen molar-refractivity contribution in [2.45, 2.75) is 46.5 Å². The number of thiazole rings is 1. The summed E-state index contributed by atoms with van der Waals surface area (Å²) >= 11 is 7.79. The van der Waals surface area contributed by atoms with Crippen LogP contribution in [-0.4, -0.2) is 38.7 Å². The molecule has 1 amide bonds. The molecule has 1 aliphatic rings. The molecule has 5 nitrogen and oxygen atoms in total. The zero-order valence-electron chi connectivity index (χ0n) is 17.0.